The molecule has 0 N–H and O–H groups in total. The lowest BCUT2D eigenvalue weighted by molar-refractivity contribution is 0.0585. The molecule has 2 aromatic heterocycles. The van der Waals surface area contributed by atoms with Crippen molar-refractivity contribution in [2.45, 2.75) is 6.42 Å². The van der Waals surface area contributed by atoms with Gasteiger partial charge in [-0.25, -0.2) is 0 Å². The summed E-state index contributed by atoms with van der Waals surface area (Å²) in [6, 6.07) is 18.2. The quantitative estimate of drug-likeness (QED) is 0.180. The van der Waals surface area contributed by atoms with Crippen LogP contribution in [0.5, 0.6) is 0 Å². The van der Waals surface area contributed by atoms with Crippen molar-refractivity contribution in [3.05, 3.63) is 95.4 Å². The minimum atomic E-state index is -0.290. The average Bonchev–Trinajstić information content (AvgIpc) is 3.76. The third kappa shape index (κ3) is 4.63. The smallest absolute Gasteiger partial charge is 0.261 e. The molecule has 2 aliphatic rings. The van der Waals surface area contributed by atoms with Gasteiger partial charge in [0.1, 0.15) is 11.2 Å². The SMILES string of the molecule is CN(CCCN(C)CCN1C(=O)c2cccc3c2c(cc2ccoc23)C1=O)CCN1C(=O)c2cccc3c2c(cc2ccoc23)C1=O. The van der Waals surface area contributed by atoms with Crippen molar-refractivity contribution in [3.8, 4) is 0 Å². The van der Waals surface area contributed by atoms with Crippen LogP contribution in [0.2, 0.25) is 0 Å². The van der Waals surface area contributed by atoms with Crippen molar-refractivity contribution < 1.29 is 28.0 Å². The zero-order valence-electron chi connectivity index (χ0n) is 26.1. The zero-order valence-corrected chi connectivity index (χ0v) is 26.1. The third-order valence-electron chi connectivity index (χ3n) is 9.54. The van der Waals surface area contributed by atoms with E-state index in [9.17, 15) is 19.2 Å². The van der Waals surface area contributed by atoms with Crippen molar-refractivity contribution in [2.24, 2.45) is 0 Å². The number of carbonyl (C=O) groups excluding carboxylic acids is 4. The van der Waals surface area contributed by atoms with E-state index in [2.05, 4.69) is 9.80 Å². The number of fused-ring (bicyclic) bond motifs is 4. The molecule has 0 spiro atoms. The van der Waals surface area contributed by atoms with Gasteiger partial charge in [-0.1, -0.05) is 24.3 Å². The van der Waals surface area contributed by atoms with Gasteiger partial charge in [0, 0.05) is 80.8 Å². The standard InChI is InChI=1S/C37H32N4O6/c1-38(14-16-40-34(42)26-8-3-6-24-30(26)28(36(40)44)20-22-10-18-46-32(22)24)12-5-13-39(2)15-17-41-35(43)27-9-4-7-25-31(27)29(37(41)45)21-23-11-19-47-33(23)25/h3-4,6-11,18-21H,5,12-17H2,1-2H3. The first-order valence-electron chi connectivity index (χ1n) is 15.8. The number of hydrogen-bond acceptors (Lipinski definition) is 8. The molecule has 0 fully saturated rings. The lowest BCUT2D eigenvalue weighted by atomic mass is 9.92. The first-order valence-corrected chi connectivity index (χ1v) is 15.8. The van der Waals surface area contributed by atoms with E-state index in [0.29, 0.717) is 57.3 Å². The molecule has 0 unspecified atom stereocenters. The number of nitrogens with zero attached hydrogens (tertiary/aromatic N) is 4. The fourth-order valence-electron chi connectivity index (χ4n) is 7.06. The maximum atomic E-state index is 13.5. The van der Waals surface area contributed by atoms with E-state index in [1.165, 1.54) is 9.80 Å². The van der Waals surface area contributed by atoms with E-state index in [4.69, 9.17) is 8.83 Å². The predicted molar refractivity (Wildman–Crippen MR) is 178 cm³/mol. The van der Waals surface area contributed by atoms with Crippen LogP contribution in [0.15, 0.2) is 82.0 Å². The van der Waals surface area contributed by atoms with E-state index < -0.39 is 0 Å². The van der Waals surface area contributed by atoms with Crippen LogP contribution in [-0.2, 0) is 0 Å². The molecule has 4 amide bonds. The van der Waals surface area contributed by atoms with Crippen molar-refractivity contribution in [1.82, 2.24) is 19.6 Å². The first kappa shape index (κ1) is 29.1. The molecule has 4 heterocycles. The highest BCUT2D eigenvalue weighted by atomic mass is 16.3. The summed E-state index contributed by atoms with van der Waals surface area (Å²) in [5.74, 6) is -1.15. The summed E-state index contributed by atoms with van der Waals surface area (Å²) >= 11 is 0. The molecule has 0 radical (unpaired) electrons. The van der Waals surface area contributed by atoms with Gasteiger partial charge >= 0.3 is 0 Å². The Hall–Kier alpha value is -5.32. The van der Waals surface area contributed by atoms with Crippen LogP contribution >= 0.6 is 0 Å². The topological polar surface area (TPSA) is 108 Å². The summed E-state index contributed by atoms with van der Waals surface area (Å²) in [6.45, 7) is 3.13. The van der Waals surface area contributed by atoms with Crippen LogP contribution < -0.4 is 0 Å². The average molecular weight is 629 g/mol. The van der Waals surface area contributed by atoms with Crippen LogP contribution in [0.4, 0.5) is 0 Å². The Balaban J connectivity index is 0.861. The van der Waals surface area contributed by atoms with E-state index >= 15 is 0 Å². The van der Waals surface area contributed by atoms with Crippen LogP contribution in [0.3, 0.4) is 0 Å². The Morgan fingerprint density at radius 2 is 0.979 bits per heavy atom. The largest absolute Gasteiger partial charge is 0.464 e. The molecule has 236 valence electrons. The highest BCUT2D eigenvalue weighted by Gasteiger charge is 2.35. The van der Waals surface area contributed by atoms with Crippen molar-refractivity contribution in [2.75, 3.05) is 53.4 Å². The number of likely N-dealkylation sites (N-methyl/N-ethyl adjacent to an activating group) is 2. The molecule has 4 aromatic carbocycles. The summed E-state index contributed by atoms with van der Waals surface area (Å²) in [5.41, 5.74) is 3.43. The Kier molecular flexibility index (Phi) is 6.93. The van der Waals surface area contributed by atoms with E-state index in [1.54, 1.807) is 24.7 Å². The second-order valence-corrected chi connectivity index (χ2v) is 12.5. The zero-order chi connectivity index (χ0) is 32.4. The van der Waals surface area contributed by atoms with Crippen LogP contribution in [0, 0.1) is 0 Å². The summed E-state index contributed by atoms with van der Waals surface area (Å²) in [4.78, 5) is 60.7. The van der Waals surface area contributed by atoms with E-state index in [-0.39, 0.29) is 36.7 Å². The van der Waals surface area contributed by atoms with Gasteiger partial charge in [0.25, 0.3) is 23.6 Å². The Morgan fingerprint density at radius 1 is 0.553 bits per heavy atom. The Labute approximate surface area is 269 Å². The van der Waals surface area contributed by atoms with E-state index in [1.807, 2.05) is 62.6 Å². The van der Waals surface area contributed by atoms with Crippen molar-refractivity contribution >= 4 is 67.1 Å². The molecule has 0 saturated heterocycles. The molecule has 0 atom stereocenters. The third-order valence-corrected chi connectivity index (χ3v) is 9.54. The minimum Gasteiger partial charge on any atom is -0.464 e. The number of imide groups is 2. The second kappa shape index (κ2) is 11.2. The van der Waals surface area contributed by atoms with Gasteiger partial charge < -0.3 is 18.6 Å². The number of furan rings is 2. The van der Waals surface area contributed by atoms with Gasteiger partial charge in [-0.3, -0.25) is 29.0 Å². The van der Waals surface area contributed by atoms with Gasteiger partial charge in [-0.15, -0.1) is 0 Å². The summed E-state index contributed by atoms with van der Waals surface area (Å²) in [6.07, 6.45) is 4.03. The highest BCUT2D eigenvalue weighted by molar-refractivity contribution is 6.30. The molecule has 47 heavy (non-hydrogen) atoms. The number of rotatable bonds is 10. The number of amides is 4. The van der Waals surface area contributed by atoms with Crippen LogP contribution in [0.25, 0.3) is 43.5 Å². The van der Waals surface area contributed by atoms with Gasteiger partial charge in [0.05, 0.1) is 12.5 Å². The summed E-state index contributed by atoms with van der Waals surface area (Å²) in [5, 5.41) is 4.52. The molecule has 10 nitrogen and oxygen atoms in total. The van der Waals surface area contributed by atoms with Crippen LogP contribution in [-0.4, -0.2) is 96.6 Å². The molecule has 8 rings (SSSR count). The number of hydrogen-bond donors (Lipinski definition) is 0. The van der Waals surface area contributed by atoms with Crippen molar-refractivity contribution in [1.29, 1.82) is 0 Å². The second-order valence-electron chi connectivity index (χ2n) is 12.5. The first-order chi connectivity index (χ1) is 22.8. The molecular formula is C37H32N4O6. The predicted octanol–water partition coefficient (Wildman–Crippen LogP) is 5.63. The molecule has 2 aliphatic heterocycles. The molecule has 0 aliphatic carbocycles. The lowest BCUT2D eigenvalue weighted by Gasteiger charge is -2.30. The van der Waals surface area contributed by atoms with E-state index in [0.717, 1.165) is 41.1 Å². The molecular weight excluding hydrogens is 596 g/mol. The summed E-state index contributed by atoms with van der Waals surface area (Å²) in [7, 11) is 3.95. The van der Waals surface area contributed by atoms with Crippen LogP contribution in [0.1, 0.15) is 47.9 Å². The minimum absolute atomic E-state index is 0.280. The monoisotopic (exact) mass is 628 g/mol. The highest BCUT2D eigenvalue weighted by Crippen LogP contribution is 2.37. The molecule has 0 bridgehead atoms. The Bertz CT molecular complexity index is 2120. The van der Waals surface area contributed by atoms with Gasteiger partial charge in [-0.2, -0.15) is 0 Å². The Morgan fingerprint density at radius 3 is 1.43 bits per heavy atom. The number of carbonyl (C=O) groups is 4. The number of benzene rings is 4. The fourth-order valence-corrected chi connectivity index (χ4v) is 7.06. The van der Waals surface area contributed by atoms with Crippen molar-refractivity contribution in [3.63, 3.8) is 0 Å². The van der Waals surface area contributed by atoms with Gasteiger partial charge in [-0.05, 0) is 70.0 Å². The van der Waals surface area contributed by atoms with Gasteiger partial charge in [0.2, 0.25) is 0 Å². The normalized spacial score (nSPS) is 14.8. The maximum Gasteiger partial charge on any atom is 0.261 e. The lowest BCUT2D eigenvalue weighted by Crippen LogP contribution is -2.45. The summed E-state index contributed by atoms with van der Waals surface area (Å²) < 4.78 is 11.3. The fraction of sp³-hybridized carbons (Fsp3) is 0.243. The maximum absolute atomic E-state index is 13.5. The molecule has 0 saturated carbocycles. The molecule has 6 aromatic rings. The molecule has 10 heteroatoms. The van der Waals surface area contributed by atoms with Gasteiger partial charge in [0.15, 0.2) is 0 Å².